The third-order valence-electron chi connectivity index (χ3n) is 4.30. The van der Waals surface area contributed by atoms with Crippen molar-refractivity contribution in [1.82, 2.24) is 5.43 Å². The highest BCUT2D eigenvalue weighted by molar-refractivity contribution is 6.03. The maximum atomic E-state index is 12.5. The molecule has 0 aliphatic rings. The number of hydrogen-bond donors (Lipinski definition) is 2. The van der Waals surface area contributed by atoms with Crippen LogP contribution in [0.4, 0.5) is 0 Å². The van der Waals surface area contributed by atoms with Crippen LogP contribution in [0.1, 0.15) is 43.1 Å². The number of hydrazone groups is 1. The average Bonchev–Trinajstić information content (AvgIpc) is 2.72. The van der Waals surface area contributed by atoms with E-state index in [0.717, 1.165) is 6.42 Å². The number of phenols is 1. The van der Waals surface area contributed by atoms with E-state index in [9.17, 15) is 9.90 Å². The Morgan fingerprint density at radius 2 is 1.86 bits per heavy atom. The highest BCUT2D eigenvalue weighted by Gasteiger charge is 2.12. The molecule has 2 rings (SSSR count). The van der Waals surface area contributed by atoms with Gasteiger partial charge in [0.15, 0.2) is 11.5 Å². The maximum absolute atomic E-state index is 12.5. The number of phenolic OH excluding ortho intramolecular Hbond substituents is 1. The van der Waals surface area contributed by atoms with Crippen LogP contribution in [-0.2, 0) is 0 Å². The summed E-state index contributed by atoms with van der Waals surface area (Å²) >= 11 is 0. The van der Waals surface area contributed by atoms with E-state index in [1.54, 1.807) is 37.3 Å². The van der Waals surface area contributed by atoms with Gasteiger partial charge in [0, 0.05) is 11.1 Å². The first kappa shape index (κ1) is 22.1. The summed E-state index contributed by atoms with van der Waals surface area (Å²) in [6, 6.07) is 9.76. The van der Waals surface area contributed by atoms with Gasteiger partial charge in [0.2, 0.25) is 0 Å². The molecule has 0 aliphatic carbocycles. The maximum Gasteiger partial charge on any atom is 0.271 e. The zero-order valence-electron chi connectivity index (χ0n) is 17.5. The molecule has 2 aromatic rings. The summed E-state index contributed by atoms with van der Waals surface area (Å²) in [4.78, 5) is 12.5. The van der Waals surface area contributed by atoms with Gasteiger partial charge in [0.1, 0.15) is 11.5 Å². The Balaban J connectivity index is 2.11. The van der Waals surface area contributed by atoms with Crippen LogP contribution in [0.25, 0.3) is 0 Å². The van der Waals surface area contributed by atoms with Gasteiger partial charge in [-0.15, -0.1) is 0 Å². The quantitative estimate of drug-likeness (QED) is 0.491. The van der Waals surface area contributed by atoms with Gasteiger partial charge in [-0.05, 0) is 55.7 Å². The summed E-state index contributed by atoms with van der Waals surface area (Å²) in [6.45, 7) is 6.51. The molecule has 0 unspecified atom stereocenters. The first-order valence-electron chi connectivity index (χ1n) is 9.38. The van der Waals surface area contributed by atoms with Crippen molar-refractivity contribution in [2.24, 2.45) is 11.0 Å². The minimum Gasteiger partial charge on any atom is -0.507 e. The molecular formula is C22H28N2O5. The fraction of sp³-hybridized carbons (Fsp3) is 0.364. The number of aromatic hydroxyl groups is 1. The Hall–Kier alpha value is -3.22. The molecule has 2 aromatic carbocycles. The number of rotatable bonds is 9. The fourth-order valence-corrected chi connectivity index (χ4v) is 2.52. The zero-order valence-corrected chi connectivity index (χ0v) is 17.5. The first-order chi connectivity index (χ1) is 13.8. The SMILES string of the molecule is COc1ccc(O)c(/C(C)=N\NC(=O)c2ccc(OCCC(C)C)c(OC)c2)c1. The van der Waals surface area contributed by atoms with Gasteiger partial charge >= 0.3 is 0 Å². The number of hydrogen-bond acceptors (Lipinski definition) is 6. The summed E-state index contributed by atoms with van der Waals surface area (Å²) in [7, 11) is 3.06. The summed E-state index contributed by atoms with van der Waals surface area (Å²) < 4.78 is 16.2. The monoisotopic (exact) mass is 400 g/mol. The number of nitrogens with one attached hydrogen (secondary N) is 1. The number of carbonyl (C=O) groups is 1. The van der Waals surface area contributed by atoms with E-state index in [2.05, 4.69) is 24.4 Å². The lowest BCUT2D eigenvalue weighted by Gasteiger charge is -2.13. The predicted octanol–water partition coefficient (Wildman–Crippen LogP) is 3.99. The van der Waals surface area contributed by atoms with Crippen molar-refractivity contribution in [3.63, 3.8) is 0 Å². The smallest absolute Gasteiger partial charge is 0.271 e. The lowest BCUT2D eigenvalue weighted by atomic mass is 10.1. The fourth-order valence-electron chi connectivity index (χ4n) is 2.52. The van der Waals surface area contributed by atoms with E-state index in [1.807, 2.05) is 0 Å². The van der Waals surface area contributed by atoms with Crippen LogP contribution in [0, 0.1) is 5.92 Å². The van der Waals surface area contributed by atoms with E-state index in [4.69, 9.17) is 14.2 Å². The van der Waals surface area contributed by atoms with Gasteiger partial charge in [0.05, 0.1) is 26.5 Å². The minimum absolute atomic E-state index is 0.0471. The van der Waals surface area contributed by atoms with Crippen LogP contribution in [0.2, 0.25) is 0 Å². The Morgan fingerprint density at radius 3 is 2.52 bits per heavy atom. The summed E-state index contributed by atoms with van der Waals surface area (Å²) in [5.74, 6) is 1.83. The van der Waals surface area contributed by atoms with Gasteiger partial charge in [-0.25, -0.2) is 5.43 Å². The van der Waals surface area contributed by atoms with Gasteiger partial charge < -0.3 is 19.3 Å². The number of ether oxygens (including phenoxy) is 3. The number of methoxy groups -OCH3 is 2. The lowest BCUT2D eigenvalue weighted by Crippen LogP contribution is -2.19. The third kappa shape index (κ3) is 6.14. The summed E-state index contributed by atoms with van der Waals surface area (Å²) in [5.41, 5.74) is 3.78. The summed E-state index contributed by atoms with van der Waals surface area (Å²) in [6.07, 6.45) is 0.927. The molecule has 1 amide bonds. The second-order valence-corrected chi connectivity index (χ2v) is 6.92. The van der Waals surface area contributed by atoms with Gasteiger partial charge in [0.25, 0.3) is 5.91 Å². The molecule has 0 spiro atoms. The Bertz CT molecular complexity index is 878. The molecule has 0 fully saturated rings. The molecule has 156 valence electrons. The van der Waals surface area contributed by atoms with Crippen LogP contribution < -0.4 is 19.6 Å². The van der Waals surface area contributed by atoms with E-state index >= 15 is 0 Å². The zero-order chi connectivity index (χ0) is 21.4. The van der Waals surface area contributed by atoms with Crippen molar-refractivity contribution >= 4 is 11.6 Å². The molecule has 0 bridgehead atoms. The minimum atomic E-state index is -0.404. The molecule has 0 saturated heterocycles. The number of amides is 1. The van der Waals surface area contributed by atoms with Crippen molar-refractivity contribution in [2.75, 3.05) is 20.8 Å². The van der Waals surface area contributed by atoms with Crippen LogP contribution in [-0.4, -0.2) is 37.6 Å². The molecule has 0 aromatic heterocycles. The Morgan fingerprint density at radius 1 is 1.10 bits per heavy atom. The topological polar surface area (TPSA) is 89.4 Å². The molecule has 7 nitrogen and oxygen atoms in total. The highest BCUT2D eigenvalue weighted by Crippen LogP contribution is 2.28. The van der Waals surface area contributed by atoms with Crippen molar-refractivity contribution < 1.29 is 24.1 Å². The van der Waals surface area contributed by atoms with E-state index in [0.29, 0.717) is 46.6 Å². The van der Waals surface area contributed by atoms with Crippen molar-refractivity contribution in [3.8, 4) is 23.0 Å². The van der Waals surface area contributed by atoms with Crippen molar-refractivity contribution in [2.45, 2.75) is 27.2 Å². The largest absolute Gasteiger partial charge is 0.507 e. The molecule has 0 atom stereocenters. The van der Waals surface area contributed by atoms with Crippen LogP contribution in [0.5, 0.6) is 23.0 Å². The molecule has 0 saturated carbocycles. The van der Waals surface area contributed by atoms with Gasteiger partial charge in [-0.1, -0.05) is 13.8 Å². The molecule has 0 heterocycles. The molecule has 29 heavy (non-hydrogen) atoms. The van der Waals surface area contributed by atoms with Crippen molar-refractivity contribution in [3.05, 3.63) is 47.5 Å². The van der Waals surface area contributed by atoms with E-state index < -0.39 is 5.91 Å². The van der Waals surface area contributed by atoms with E-state index in [-0.39, 0.29) is 5.75 Å². The number of nitrogens with zero attached hydrogens (tertiary/aromatic N) is 1. The molecule has 7 heteroatoms. The lowest BCUT2D eigenvalue weighted by molar-refractivity contribution is 0.0954. The first-order valence-corrected chi connectivity index (χ1v) is 9.38. The normalized spacial score (nSPS) is 11.3. The molecular weight excluding hydrogens is 372 g/mol. The van der Waals surface area contributed by atoms with Crippen LogP contribution in [0.15, 0.2) is 41.5 Å². The number of benzene rings is 2. The Labute approximate surface area is 171 Å². The van der Waals surface area contributed by atoms with Crippen LogP contribution in [0.3, 0.4) is 0 Å². The van der Waals surface area contributed by atoms with E-state index in [1.165, 1.54) is 20.3 Å². The third-order valence-corrected chi connectivity index (χ3v) is 4.30. The predicted molar refractivity (Wildman–Crippen MR) is 112 cm³/mol. The second kappa shape index (κ2) is 10.4. The van der Waals surface area contributed by atoms with Crippen LogP contribution >= 0.6 is 0 Å². The summed E-state index contributed by atoms with van der Waals surface area (Å²) in [5, 5.41) is 14.1. The molecule has 2 N–H and O–H groups in total. The standard InChI is InChI=1S/C22H28N2O5/c1-14(2)10-11-29-20-9-6-16(12-21(20)28-5)22(26)24-23-15(3)18-13-17(27-4)7-8-19(18)25/h6-9,12-14,25H,10-11H2,1-5H3,(H,24,26)/b23-15-. The van der Waals surface area contributed by atoms with Crippen molar-refractivity contribution in [1.29, 1.82) is 0 Å². The second-order valence-electron chi connectivity index (χ2n) is 6.92. The van der Waals surface area contributed by atoms with Gasteiger partial charge in [-0.3, -0.25) is 4.79 Å². The molecule has 0 aliphatic heterocycles. The molecule has 0 radical (unpaired) electrons. The van der Waals surface area contributed by atoms with Gasteiger partial charge in [-0.2, -0.15) is 5.10 Å². The average molecular weight is 400 g/mol. The highest BCUT2D eigenvalue weighted by atomic mass is 16.5. The number of carbonyl (C=O) groups excluding carboxylic acids is 1. The Kier molecular flexibility index (Phi) is 7.88.